The van der Waals surface area contributed by atoms with Gasteiger partial charge in [-0.15, -0.1) is 0 Å². The summed E-state index contributed by atoms with van der Waals surface area (Å²) in [5.74, 6) is -0.172. The first-order valence-corrected chi connectivity index (χ1v) is 11.9. The van der Waals surface area contributed by atoms with Gasteiger partial charge in [-0.2, -0.15) is 0 Å². The van der Waals surface area contributed by atoms with Gasteiger partial charge in [0.1, 0.15) is 0 Å². The molecule has 0 heterocycles. The number of halogens is 1. The van der Waals surface area contributed by atoms with Gasteiger partial charge >= 0.3 is 74.6 Å². The summed E-state index contributed by atoms with van der Waals surface area (Å²) >= 11 is -1.39. The fourth-order valence-electron chi connectivity index (χ4n) is 0.879. The second kappa shape index (κ2) is 4.00. The number of rotatable bonds is 2. The van der Waals surface area contributed by atoms with Crippen molar-refractivity contribution < 1.29 is 4.39 Å². The molecule has 0 fully saturated rings. The molecule has 0 atom stereocenters. The molecule has 0 bridgehead atoms. The maximum atomic E-state index is 12.4. The Morgan fingerprint density at radius 2 is 1.73 bits per heavy atom. The van der Waals surface area contributed by atoms with Crippen LogP contribution in [0.1, 0.15) is 0 Å². The summed E-state index contributed by atoms with van der Waals surface area (Å²) in [4.78, 5) is 0. The molecule has 1 rings (SSSR count). The zero-order valence-corrected chi connectivity index (χ0v) is 10.1. The van der Waals surface area contributed by atoms with Crippen molar-refractivity contribution in [2.75, 3.05) is 3.30 Å². The predicted octanol–water partition coefficient (Wildman–Crippen LogP) is 2.49. The minimum atomic E-state index is -1.39. The van der Waals surface area contributed by atoms with Crippen LogP contribution in [0.5, 0.6) is 0 Å². The first-order chi connectivity index (χ1) is 5.18. The van der Waals surface area contributed by atoms with Crippen molar-refractivity contribution in [2.45, 2.75) is 9.36 Å². The molecule has 1 nitrogen and oxygen atoms in total. The van der Waals surface area contributed by atoms with E-state index in [2.05, 4.69) is 12.7 Å². The molecule has 11 heavy (non-hydrogen) atoms. The van der Waals surface area contributed by atoms with E-state index in [0.29, 0.717) is 0 Å². The second-order valence-electron chi connectivity index (χ2n) is 2.81. The first-order valence-electron chi connectivity index (χ1n) is 3.70. The molecule has 0 amide bonds. The van der Waals surface area contributed by atoms with Crippen molar-refractivity contribution in [3.63, 3.8) is 0 Å². The van der Waals surface area contributed by atoms with Gasteiger partial charge < -0.3 is 0 Å². The van der Waals surface area contributed by atoms with Crippen molar-refractivity contribution in [3.8, 4) is 0 Å². The first kappa shape index (κ1) is 8.91. The molecule has 0 spiro atoms. The maximum absolute atomic E-state index is 12.4. The third-order valence-electron chi connectivity index (χ3n) is 1.30. The Kier molecular flexibility index (Phi) is 3.24. The van der Waals surface area contributed by atoms with E-state index in [1.54, 1.807) is 12.1 Å². The van der Waals surface area contributed by atoms with Crippen LogP contribution in [0.4, 0.5) is 10.1 Å². The third kappa shape index (κ3) is 3.14. The summed E-state index contributed by atoms with van der Waals surface area (Å²) in [5.41, 5.74) is 1.05. The molecule has 3 heteroatoms. The Labute approximate surface area is 74.5 Å². The fourth-order valence-corrected chi connectivity index (χ4v) is 3.33. The SMILES string of the molecule is [CH3][In]([CH3])[NH]c1ccc(F)cc1. The molecule has 58 valence electrons. The molecule has 0 radical (unpaired) electrons. The molecule has 0 saturated carbocycles. The van der Waals surface area contributed by atoms with Crippen LogP contribution in [0.25, 0.3) is 0 Å². The van der Waals surface area contributed by atoms with Crippen LogP contribution < -0.4 is 3.30 Å². The molecule has 0 aliphatic heterocycles. The molecular formula is C8H11FInN. The second-order valence-corrected chi connectivity index (χ2v) is 10.2. The van der Waals surface area contributed by atoms with E-state index in [4.69, 9.17) is 0 Å². The van der Waals surface area contributed by atoms with Gasteiger partial charge in [0.15, 0.2) is 0 Å². The number of hydrogen-bond acceptors (Lipinski definition) is 1. The molecule has 0 unspecified atom stereocenters. The topological polar surface area (TPSA) is 12.0 Å². The van der Waals surface area contributed by atoms with E-state index >= 15 is 0 Å². The summed E-state index contributed by atoms with van der Waals surface area (Å²) in [6, 6.07) is 6.53. The van der Waals surface area contributed by atoms with Crippen LogP contribution in [0, 0.1) is 5.82 Å². The summed E-state index contributed by atoms with van der Waals surface area (Å²) in [5, 5.41) is 0. The summed E-state index contributed by atoms with van der Waals surface area (Å²) < 4.78 is 20.3. The van der Waals surface area contributed by atoms with Crippen molar-refractivity contribution in [1.29, 1.82) is 0 Å². The van der Waals surface area contributed by atoms with Gasteiger partial charge in [0.25, 0.3) is 0 Å². The van der Waals surface area contributed by atoms with Crippen LogP contribution in [0.2, 0.25) is 9.36 Å². The quantitative estimate of drug-likeness (QED) is 0.855. The van der Waals surface area contributed by atoms with E-state index in [0.717, 1.165) is 5.69 Å². The Balaban J connectivity index is 2.66. The van der Waals surface area contributed by atoms with E-state index in [1.165, 1.54) is 12.1 Å². The van der Waals surface area contributed by atoms with Crippen molar-refractivity contribution >= 4 is 27.4 Å². The number of benzene rings is 1. The van der Waals surface area contributed by atoms with Crippen molar-refractivity contribution in [2.24, 2.45) is 0 Å². The Morgan fingerprint density at radius 1 is 1.18 bits per heavy atom. The minimum absolute atomic E-state index is 0.172. The number of hydrogen-bond donors (Lipinski definition) is 1. The van der Waals surface area contributed by atoms with Crippen molar-refractivity contribution in [1.82, 2.24) is 0 Å². The van der Waals surface area contributed by atoms with Gasteiger partial charge in [0, 0.05) is 0 Å². The van der Waals surface area contributed by atoms with Gasteiger partial charge in [0.05, 0.1) is 0 Å². The van der Waals surface area contributed by atoms with Crippen LogP contribution >= 0.6 is 0 Å². The van der Waals surface area contributed by atoms with Gasteiger partial charge in [-0.1, -0.05) is 0 Å². The molecule has 0 saturated heterocycles. The van der Waals surface area contributed by atoms with E-state index in [9.17, 15) is 4.39 Å². The normalized spacial score (nSPS) is 9.36. The molecule has 1 N–H and O–H groups in total. The van der Waals surface area contributed by atoms with Gasteiger partial charge in [-0.3, -0.25) is 0 Å². The van der Waals surface area contributed by atoms with Gasteiger partial charge in [-0.25, -0.2) is 0 Å². The number of anilines is 1. The zero-order chi connectivity index (χ0) is 8.27. The molecule has 1 aromatic carbocycles. The summed E-state index contributed by atoms with van der Waals surface area (Å²) in [7, 11) is 0. The average molecular weight is 255 g/mol. The molecule has 1 aromatic rings. The zero-order valence-electron chi connectivity index (χ0n) is 6.76. The summed E-state index contributed by atoms with van der Waals surface area (Å²) in [6.45, 7) is 0. The monoisotopic (exact) mass is 255 g/mol. The Morgan fingerprint density at radius 3 is 2.18 bits per heavy atom. The standard InChI is InChI=1S/C6H5FN.2CH3.In/c7-5-1-3-6(8)4-2-5;;;/h1-4,8H;2*1H3;/q-1;;;+1. The Hall–Kier alpha value is -0.180. The van der Waals surface area contributed by atoms with E-state index < -0.39 is 21.7 Å². The molecule has 0 aliphatic carbocycles. The van der Waals surface area contributed by atoms with Gasteiger partial charge in [-0.05, 0) is 0 Å². The van der Waals surface area contributed by atoms with Crippen LogP contribution in [0.3, 0.4) is 0 Å². The third-order valence-corrected chi connectivity index (χ3v) is 3.90. The summed E-state index contributed by atoms with van der Waals surface area (Å²) in [6.07, 6.45) is 0. The molecular weight excluding hydrogens is 244 g/mol. The van der Waals surface area contributed by atoms with Gasteiger partial charge in [0.2, 0.25) is 0 Å². The average Bonchev–Trinajstić information content (AvgIpc) is 1.93. The van der Waals surface area contributed by atoms with Crippen LogP contribution in [-0.2, 0) is 0 Å². The van der Waals surface area contributed by atoms with E-state index in [1.807, 2.05) is 0 Å². The molecule has 0 aliphatic rings. The predicted molar refractivity (Wildman–Crippen MR) is 47.5 cm³/mol. The number of nitrogens with one attached hydrogen (secondary N) is 1. The van der Waals surface area contributed by atoms with Crippen LogP contribution in [-0.4, -0.2) is 21.7 Å². The molecule has 0 aromatic heterocycles. The van der Waals surface area contributed by atoms with E-state index in [-0.39, 0.29) is 5.82 Å². The van der Waals surface area contributed by atoms with Crippen molar-refractivity contribution in [3.05, 3.63) is 30.1 Å². The fraction of sp³-hybridized carbons (Fsp3) is 0.250. The Bertz CT molecular complexity index is 220. The van der Waals surface area contributed by atoms with Crippen LogP contribution in [0.15, 0.2) is 24.3 Å².